The maximum absolute atomic E-state index is 12.1. The van der Waals surface area contributed by atoms with E-state index in [2.05, 4.69) is 5.32 Å². The summed E-state index contributed by atoms with van der Waals surface area (Å²) in [5, 5.41) is 4.80. The molecule has 1 aromatic carbocycles. The van der Waals surface area contributed by atoms with Crippen LogP contribution in [0.15, 0.2) is 24.3 Å². The van der Waals surface area contributed by atoms with Gasteiger partial charge in [0.1, 0.15) is 6.04 Å². The van der Waals surface area contributed by atoms with E-state index in [0.717, 1.165) is 0 Å². The molecule has 0 heterocycles. The fraction of sp³-hybridized carbons (Fsp3) is 0.375. The Bertz CT molecular complexity index is 660. The van der Waals surface area contributed by atoms with Crippen molar-refractivity contribution in [2.24, 2.45) is 11.7 Å². The fourth-order valence-corrected chi connectivity index (χ4v) is 1.98. The number of ether oxygens (including phenoxy) is 1. The Morgan fingerprint density at radius 3 is 2.12 bits per heavy atom. The Labute approximate surface area is 150 Å². The van der Waals surface area contributed by atoms with Crippen LogP contribution in [0.1, 0.15) is 31.1 Å². The summed E-state index contributed by atoms with van der Waals surface area (Å²) < 4.78 is 5.10. The molecule has 0 unspecified atom stereocenters. The lowest BCUT2D eigenvalue weighted by Gasteiger charge is -2.22. The summed E-state index contributed by atoms with van der Waals surface area (Å²) in [5.74, 6) is -2.54. The molecule has 4 amide bonds. The highest BCUT2D eigenvalue weighted by Crippen LogP contribution is 2.11. The van der Waals surface area contributed by atoms with Gasteiger partial charge in [0.15, 0.2) is 6.10 Å². The third kappa shape index (κ3) is 6.42. The zero-order chi connectivity index (χ0) is 19.1. The average molecular weight is 370 g/mol. The molecule has 0 aliphatic carbocycles. The molecule has 1 rings (SSSR count). The Morgan fingerprint density at radius 2 is 1.64 bits per heavy atom. The van der Waals surface area contributed by atoms with Crippen LogP contribution in [0.25, 0.3) is 0 Å². The van der Waals surface area contributed by atoms with Crippen LogP contribution >= 0.6 is 11.6 Å². The van der Waals surface area contributed by atoms with Gasteiger partial charge in [0, 0.05) is 10.6 Å². The Hall–Kier alpha value is -2.61. The van der Waals surface area contributed by atoms with Crippen molar-refractivity contribution in [2.75, 3.05) is 0 Å². The SMILES string of the molecule is CC(C)[C@@H](OC(=O)[C@H](C)NC(=O)c1ccc(Cl)cc1)C(=O)NC(N)=O. The maximum atomic E-state index is 12.1. The van der Waals surface area contributed by atoms with E-state index >= 15 is 0 Å². The standard InChI is InChI=1S/C16H20ClN3O5/c1-8(2)12(14(22)20-16(18)24)25-15(23)9(3)19-13(21)10-4-6-11(17)7-5-10/h4-9,12H,1-3H3,(H,19,21)(H3,18,20,22,24)/t9-,12+/m0/s1. The first kappa shape index (κ1) is 20.4. The van der Waals surface area contributed by atoms with Crippen molar-refractivity contribution in [3.63, 3.8) is 0 Å². The molecule has 0 fully saturated rings. The number of carbonyl (C=O) groups is 4. The molecule has 2 atom stereocenters. The molecule has 25 heavy (non-hydrogen) atoms. The van der Waals surface area contributed by atoms with E-state index in [1.807, 2.05) is 5.32 Å². The van der Waals surface area contributed by atoms with Crippen molar-refractivity contribution in [1.29, 1.82) is 0 Å². The minimum absolute atomic E-state index is 0.316. The van der Waals surface area contributed by atoms with Gasteiger partial charge in [-0.1, -0.05) is 25.4 Å². The molecule has 0 radical (unpaired) electrons. The van der Waals surface area contributed by atoms with Crippen LogP contribution in [0.5, 0.6) is 0 Å². The number of esters is 1. The number of benzene rings is 1. The van der Waals surface area contributed by atoms with Crippen LogP contribution in [0, 0.1) is 5.92 Å². The normalized spacial score (nSPS) is 12.8. The van der Waals surface area contributed by atoms with Crippen LogP contribution in [0.2, 0.25) is 5.02 Å². The second-order valence-electron chi connectivity index (χ2n) is 5.66. The van der Waals surface area contributed by atoms with Crippen molar-refractivity contribution in [3.05, 3.63) is 34.9 Å². The quantitative estimate of drug-likeness (QED) is 0.649. The Morgan fingerprint density at radius 1 is 1.08 bits per heavy atom. The molecular weight excluding hydrogens is 350 g/mol. The molecule has 0 bridgehead atoms. The lowest BCUT2D eigenvalue weighted by molar-refractivity contribution is -0.159. The molecule has 0 saturated heterocycles. The summed E-state index contributed by atoms with van der Waals surface area (Å²) >= 11 is 5.75. The van der Waals surface area contributed by atoms with Crippen molar-refractivity contribution in [1.82, 2.24) is 10.6 Å². The zero-order valence-electron chi connectivity index (χ0n) is 14.0. The average Bonchev–Trinajstić information content (AvgIpc) is 2.51. The summed E-state index contributed by atoms with van der Waals surface area (Å²) in [5.41, 5.74) is 5.20. The number of urea groups is 1. The highest BCUT2D eigenvalue weighted by molar-refractivity contribution is 6.30. The number of halogens is 1. The summed E-state index contributed by atoms with van der Waals surface area (Å²) in [7, 11) is 0. The largest absolute Gasteiger partial charge is 0.450 e. The van der Waals surface area contributed by atoms with Crippen molar-refractivity contribution < 1.29 is 23.9 Å². The summed E-state index contributed by atoms with van der Waals surface area (Å²) in [6.07, 6.45) is -1.21. The summed E-state index contributed by atoms with van der Waals surface area (Å²) in [6.45, 7) is 4.69. The predicted molar refractivity (Wildman–Crippen MR) is 90.8 cm³/mol. The van der Waals surface area contributed by atoms with Gasteiger partial charge < -0.3 is 15.8 Å². The number of primary amides is 1. The van der Waals surface area contributed by atoms with Crippen LogP contribution in [0.4, 0.5) is 4.79 Å². The van der Waals surface area contributed by atoms with Gasteiger partial charge in [-0.25, -0.2) is 9.59 Å². The molecule has 9 heteroatoms. The van der Waals surface area contributed by atoms with Gasteiger partial charge in [0.05, 0.1) is 0 Å². The van der Waals surface area contributed by atoms with Crippen LogP contribution < -0.4 is 16.4 Å². The first-order valence-electron chi connectivity index (χ1n) is 7.49. The smallest absolute Gasteiger partial charge is 0.329 e. The van der Waals surface area contributed by atoms with Crippen molar-refractivity contribution in [3.8, 4) is 0 Å². The maximum Gasteiger partial charge on any atom is 0.329 e. The molecule has 0 aliphatic rings. The van der Waals surface area contributed by atoms with E-state index in [1.165, 1.54) is 19.1 Å². The topological polar surface area (TPSA) is 128 Å². The molecule has 0 saturated carbocycles. The van der Waals surface area contributed by atoms with Gasteiger partial charge in [0.25, 0.3) is 11.8 Å². The van der Waals surface area contributed by atoms with E-state index in [1.54, 1.807) is 26.0 Å². The minimum atomic E-state index is -1.21. The molecular formula is C16H20ClN3O5. The third-order valence-corrected chi connectivity index (χ3v) is 3.41. The molecule has 0 aliphatic heterocycles. The Balaban J connectivity index is 2.70. The third-order valence-electron chi connectivity index (χ3n) is 3.16. The Kier molecular flexibility index (Phi) is 7.38. The van der Waals surface area contributed by atoms with Gasteiger partial charge in [-0.3, -0.25) is 14.9 Å². The van der Waals surface area contributed by atoms with E-state index in [9.17, 15) is 19.2 Å². The monoisotopic (exact) mass is 369 g/mol. The first-order chi connectivity index (χ1) is 11.6. The summed E-state index contributed by atoms with van der Waals surface area (Å²) in [4.78, 5) is 46.8. The lowest BCUT2D eigenvalue weighted by Crippen LogP contribution is -2.48. The lowest BCUT2D eigenvalue weighted by atomic mass is 10.1. The molecule has 0 aromatic heterocycles. The molecule has 1 aromatic rings. The van der Waals surface area contributed by atoms with E-state index in [-0.39, 0.29) is 0 Å². The molecule has 8 nitrogen and oxygen atoms in total. The fourth-order valence-electron chi connectivity index (χ4n) is 1.85. The van der Waals surface area contributed by atoms with E-state index < -0.39 is 41.9 Å². The summed E-state index contributed by atoms with van der Waals surface area (Å²) in [6, 6.07) is 4.05. The first-order valence-corrected chi connectivity index (χ1v) is 7.86. The number of hydrogen-bond acceptors (Lipinski definition) is 5. The number of rotatable bonds is 6. The minimum Gasteiger partial charge on any atom is -0.450 e. The highest BCUT2D eigenvalue weighted by atomic mass is 35.5. The zero-order valence-corrected chi connectivity index (χ0v) is 14.8. The van der Waals surface area contributed by atoms with Gasteiger partial charge in [-0.15, -0.1) is 0 Å². The number of hydrogen-bond donors (Lipinski definition) is 3. The van der Waals surface area contributed by atoms with Gasteiger partial charge in [-0.2, -0.15) is 0 Å². The number of nitrogens with two attached hydrogens (primary N) is 1. The molecule has 4 N–H and O–H groups in total. The number of nitrogens with one attached hydrogen (secondary N) is 2. The molecule has 0 spiro atoms. The van der Waals surface area contributed by atoms with Gasteiger partial charge >= 0.3 is 12.0 Å². The van der Waals surface area contributed by atoms with E-state index in [0.29, 0.717) is 10.6 Å². The van der Waals surface area contributed by atoms with Crippen molar-refractivity contribution in [2.45, 2.75) is 32.9 Å². The number of carbonyl (C=O) groups excluding carboxylic acids is 4. The van der Waals surface area contributed by atoms with Gasteiger partial charge in [0.2, 0.25) is 0 Å². The highest BCUT2D eigenvalue weighted by Gasteiger charge is 2.29. The molecule has 136 valence electrons. The van der Waals surface area contributed by atoms with Crippen LogP contribution in [-0.2, 0) is 14.3 Å². The number of amides is 4. The van der Waals surface area contributed by atoms with Gasteiger partial charge in [-0.05, 0) is 37.1 Å². The van der Waals surface area contributed by atoms with Crippen LogP contribution in [-0.4, -0.2) is 36.0 Å². The second kappa shape index (κ2) is 9.03. The van der Waals surface area contributed by atoms with Crippen molar-refractivity contribution >= 4 is 35.4 Å². The van der Waals surface area contributed by atoms with Crippen LogP contribution in [0.3, 0.4) is 0 Å². The predicted octanol–water partition coefficient (Wildman–Crippen LogP) is 1.22. The number of imide groups is 1. The van der Waals surface area contributed by atoms with E-state index in [4.69, 9.17) is 22.1 Å². The second-order valence-corrected chi connectivity index (χ2v) is 6.09.